The summed E-state index contributed by atoms with van der Waals surface area (Å²) in [6, 6.07) is 2.23. The highest BCUT2D eigenvalue weighted by atomic mass is 32.1. The van der Waals surface area contributed by atoms with Crippen molar-refractivity contribution in [1.82, 2.24) is 20.1 Å². The van der Waals surface area contributed by atoms with Crippen LogP contribution in [0.5, 0.6) is 0 Å². The van der Waals surface area contributed by atoms with Crippen molar-refractivity contribution in [3.8, 4) is 0 Å². The zero-order valence-electron chi connectivity index (χ0n) is 11.2. The van der Waals surface area contributed by atoms with Crippen molar-refractivity contribution in [1.29, 1.82) is 0 Å². The van der Waals surface area contributed by atoms with E-state index in [9.17, 15) is 0 Å². The van der Waals surface area contributed by atoms with Gasteiger partial charge in [0.05, 0.1) is 22.4 Å². The molecule has 1 N–H and O–H groups in total. The smallest absolute Gasteiger partial charge is 0.0930 e. The van der Waals surface area contributed by atoms with E-state index in [0.29, 0.717) is 0 Å². The summed E-state index contributed by atoms with van der Waals surface area (Å²) in [5.41, 5.74) is 2.29. The fourth-order valence-electron chi connectivity index (χ4n) is 2.06. The van der Waals surface area contributed by atoms with Gasteiger partial charge in [0.25, 0.3) is 0 Å². The van der Waals surface area contributed by atoms with Crippen LogP contribution in [0.15, 0.2) is 17.6 Å². The summed E-state index contributed by atoms with van der Waals surface area (Å²) in [5.74, 6) is 0. The first-order valence-corrected chi connectivity index (χ1v) is 7.31. The summed E-state index contributed by atoms with van der Waals surface area (Å²) < 4.78 is 2.07. The van der Waals surface area contributed by atoms with Gasteiger partial charge in [0.15, 0.2) is 0 Å². The second-order valence-corrected chi connectivity index (χ2v) is 5.32. The molecule has 2 heterocycles. The standard InChI is InChI=1S/C13H20N4S/c1-4-8-17-12(6-7-15-17)13(14-5-2)11-9-18-10(3)16-11/h6-7,9,13-14H,4-5,8H2,1-3H3. The third-order valence-electron chi connectivity index (χ3n) is 2.82. The van der Waals surface area contributed by atoms with Crippen LogP contribution in [-0.2, 0) is 6.54 Å². The molecule has 4 nitrogen and oxygen atoms in total. The molecule has 0 fully saturated rings. The lowest BCUT2D eigenvalue weighted by Crippen LogP contribution is -2.25. The lowest BCUT2D eigenvalue weighted by atomic mass is 10.1. The Hall–Kier alpha value is -1.20. The Morgan fingerprint density at radius 1 is 1.44 bits per heavy atom. The van der Waals surface area contributed by atoms with Gasteiger partial charge in [-0.3, -0.25) is 4.68 Å². The molecule has 98 valence electrons. The molecule has 2 aromatic rings. The molecule has 2 rings (SSSR count). The van der Waals surface area contributed by atoms with E-state index in [2.05, 4.69) is 45.4 Å². The van der Waals surface area contributed by atoms with E-state index in [1.165, 1.54) is 5.69 Å². The van der Waals surface area contributed by atoms with Crippen LogP contribution in [0, 0.1) is 6.92 Å². The molecular weight excluding hydrogens is 244 g/mol. The predicted molar refractivity (Wildman–Crippen MR) is 74.9 cm³/mol. The fourth-order valence-corrected chi connectivity index (χ4v) is 2.70. The number of rotatable bonds is 6. The van der Waals surface area contributed by atoms with Crippen molar-refractivity contribution in [2.24, 2.45) is 0 Å². The van der Waals surface area contributed by atoms with Crippen molar-refractivity contribution in [3.63, 3.8) is 0 Å². The van der Waals surface area contributed by atoms with Crippen molar-refractivity contribution >= 4 is 11.3 Å². The van der Waals surface area contributed by atoms with Crippen LogP contribution in [0.3, 0.4) is 0 Å². The van der Waals surface area contributed by atoms with Gasteiger partial charge < -0.3 is 5.32 Å². The van der Waals surface area contributed by atoms with E-state index in [0.717, 1.165) is 30.2 Å². The molecule has 0 bridgehead atoms. The number of aryl methyl sites for hydroxylation is 2. The average Bonchev–Trinajstić information content (AvgIpc) is 2.96. The zero-order valence-corrected chi connectivity index (χ0v) is 12.0. The lowest BCUT2D eigenvalue weighted by Gasteiger charge is -2.17. The first-order chi connectivity index (χ1) is 8.76. The Kier molecular flexibility index (Phi) is 4.49. The molecule has 18 heavy (non-hydrogen) atoms. The van der Waals surface area contributed by atoms with E-state index in [1.807, 2.05) is 13.1 Å². The minimum absolute atomic E-state index is 0.147. The molecular formula is C13H20N4S. The molecule has 1 atom stereocenters. The van der Waals surface area contributed by atoms with Crippen LogP contribution in [-0.4, -0.2) is 21.3 Å². The summed E-state index contributed by atoms with van der Waals surface area (Å²) >= 11 is 1.69. The van der Waals surface area contributed by atoms with Gasteiger partial charge in [0, 0.05) is 18.1 Å². The molecule has 0 radical (unpaired) electrons. The van der Waals surface area contributed by atoms with Gasteiger partial charge in [-0.1, -0.05) is 13.8 Å². The Balaban J connectivity index is 2.31. The normalized spacial score (nSPS) is 12.8. The maximum Gasteiger partial charge on any atom is 0.0930 e. The van der Waals surface area contributed by atoms with Crippen LogP contribution < -0.4 is 5.32 Å². The number of aromatic nitrogens is 3. The summed E-state index contributed by atoms with van der Waals surface area (Å²) in [4.78, 5) is 4.60. The van der Waals surface area contributed by atoms with Crippen molar-refractivity contribution in [2.75, 3.05) is 6.54 Å². The van der Waals surface area contributed by atoms with Gasteiger partial charge in [0.2, 0.25) is 0 Å². The molecule has 0 aromatic carbocycles. The number of hydrogen-bond donors (Lipinski definition) is 1. The predicted octanol–water partition coefficient (Wildman–Crippen LogP) is 2.76. The number of nitrogens with zero attached hydrogens (tertiary/aromatic N) is 3. The lowest BCUT2D eigenvalue weighted by molar-refractivity contribution is 0.515. The third-order valence-corrected chi connectivity index (χ3v) is 3.61. The highest BCUT2D eigenvalue weighted by molar-refractivity contribution is 7.09. The van der Waals surface area contributed by atoms with E-state index in [1.54, 1.807) is 11.3 Å². The third kappa shape index (κ3) is 2.79. The van der Waals surface area contributed by atoms with Gasteiger partial charge in [-0.05, 0) is 26.0 Å². The Morgan fingerprint density at radius 3 is 2.89 bits per heavy atom. The molecule has 0 aliphatic rings. The van der Waals surface area contributed by atoms with Gasteiger partial charge in [0.1, 0.15) is 0 Å². The highest BCUT2D eigenvalue weighted by Gasteiger charge is 2.19. The first-order valence-electron chi connectivity index (χ1n) is 6.43. The molecule has 5 heteroatoms. The molecule has 0 aliphatic carbocycles. The molecule has 0 spiro atoms. The van der Waals surface area contributed by atoms with Crippen LogP contribution in [0.4, 0.5) is 0 Å². The molecule has 0 aliphatic heterocycles. The minimum atomic E-state index is 0.147. The van der Waals surface area contributed by atoms with E-state index in [-0.39, 0.29) is 6.04 Å². The van der Waals surface area contributed by atoms with Gasteiger partial charge in [-0.15, -0.1) is 11.3 Å². The van der Waals surface area contributed by atoms with Crippen LogP contribution in [0.2, 0.25) is 0 Å². The number of hydrogen-bond acceptors (Lipinski definition) is 4. The molecule has 2 aromatic heterocycles. The molecule has 0 saturated carbocycles. The maximum absolute atomic E-state index is 4.60. The van der Waals surface area contributed by atoms with E-state index < -0.39 is 0 Å². The maximum atomic E-state index is 4.60. The van der Waals surface area contributed by atoms with Crippen LogP contribution in [0.1, 0.15) is 42.7 Å². The summed E-state index contributed by atoms with van der Waals surface area (Å²) in [7, 11) is 0. The zero-order chi connectivity index (χ0) is 13.0. The van der Waals surface area contributed by atoms with Crippen LogP contribution in [0.25, 0.3) is 0 Å². The topological polar surface area (TPSA) is 42.7 Å². The SMILES string of the molecule is CCCn1nccc1C(NCC)c1csc(C)n1. The van der Waals surface area contributed by atoms with Gasteiger partial charge in [-0.25, -0.2) is 4.98 Å². The Bertz CT molecular complexity index is 489. The summed E-state index contributed by atoms with van der Waals surface area (Å²) in [6.07, 6.45) is 2.96. The van der Waals surface area contributed by atoms with Crippen molar-refractivity contribution in [2.45, 2.75) is 39.8 Å². The average molecular weight is 264 g/mol. The minimum Gasteiger partial charge on any atom is -0.304 e. The van der Waals surface area contributed by atoms with E-state index in [4.69, 9.17) is 0 Å². The van der Waals surface area contributed by atoms with E-state index >= 15 is 0 Å². The van der Waals surface area contributed by atoms with Crippen molar-refractivity contribution in [3.05, 3.63) is 34.0 Å². The largest absolute Gasteiger partial charge is 0.304 e. The molecule has 1 unspecified atom stereocenters. The quantitative estimate of drug-likeness (QED) is 0.872. The Morgan fingerprint density at radius 2 is 2.28 bits per heavy atom. The summed E-state index contributed by atoms with van der Waals surface area (Å²) in [6.45, 7) is 8.19. The number of thiazole rings is 1. The van der Waals surface area contributed by atoms with Gasteiger partial charge >= 0.3 is 0 Å². The fraction of sp³-hybridized carbons (Fsp3) is 0.538. The highest BCUT2D eigenvalue weighted by Crippen LogP contribution is 2.23. The van der Waals surface area contributed by atoms with Crippen LogP contribution >= 0.6 is 11.3 Å². The number of nitrogens with one attached hydrogen (secondary N) is 1. The summed E-state index contributed by atoms with van der Waals surface area (Å²) in [5, 5.41) is 11.1. The Labute approximate surface area is 112 Å². The van der Waals surface area contributed by atoms with Crippen molar-refractivity contribution < 1.29 is 0 Å². The molecule has 0 saturated heterocycles. The van der Waals surface area contributed by atoms with Gasteiger partial charge in [-0.2, -0.15) is 5.10 Å². The first kappa shape index (κ1) is 13.2. The second kappa shape index (κ2) is 6.11. The monoisotopic (exact) mass is 264 g/mol. The second-order valence-electron chi connectivity index (χ2n) is 4.26. The molecule has 0 amide bonds.